The molecule has 1 atom stereocenters. The first kappa shape index (κ1) is 19.0. The minimum Gasteiger partial charge on any atom is -0.352 e. The Morgan fingerprint density at radius 2 is 1.75 bits per heavy atom. The third kappa shape index (κ3) is 3.62. The smallest absolute Gasteiger partial charge is 0.234 e. The summed E-state index contributed by atoms with van der Waals surface area (Å²) in [6.07, 6.45) is 10.6. The minimum atomic E-state index is 0.230. The van der Waals surface area contributed by atoms with E-state index < -0.39 is 0 Å². The topological polar surface area (TPSA) is 58.1 Å². The summed E-state index contributed by atoms with van der Waals surface area (Å²) in [6, 6.07) is 0.329. The average Bonchev–Trinajstić information content (AvgIpc) is 3.07. The molecule has 28 heavy (non-hydrogen) atoms. The number of hydrogen-bond donors (Lipinski definition) is 1. The molecule has 154 valence electrons. The number of carbonyl (C=O) groups excluding carboxylic acids is 1. The molecular formula is C22H34N4OS. The van der Waals surface area contributed by atoms with Crippen molar-refractivity contribution in [2.45, 2.75) is 77.2 Å². The molecule has 1 unspecified atom stereocenters. The Morgan fingerprint density at radius 3 is 2.29 bits per heavy atom. The molecule has 4 aliphatic carbocycles. The Morgan fingerprint density at radius 1 is 1.14 bits per heavy atom. The summed E-state index contributed by atoms with van der Waals surface area (Å²) in [5.74, 6) is 3.57. The van der Waals surface area contributed by atoms with Crippen LogP contribution in [0.4, 0.5) is 0 Å². The predicted molar refractivity (Wildman–Crippen MR) is 111 cm³/mol. The molecule has 5 nitrogen and oxygen atoms in total. The highest BCUT2D eigenvalue weighted by atomic mass is 32.1. The molecule has 5 fully saturated rings. The number of nitrogens with zero attached hydrogens (tertiary/aromatic N) is 3. The van der Waals surface area contributed by atoms with Gasteiger partial charge in [-0.25, -0.2) is 0 Å². The molecule has 1 aromatic rings. The number of nitrogens with one attached hydrogen (secondary N) is 1. The first-order valence-corrected chi connectivity index (χ1v) is 12.1. The van der Waals surface area contributed by atoms with E-state index >= 15 is 0 Å². The van der Waals surface area contributed by atoms with Crippen LogP contribution in [0.15, 0.2) is 0 Å². The number of hydrogen-bond acceptors (Lipinski definition) is 5. The van der Waals surface area contributed by atoms with E-state index in [1.54, 1.807) is 11.3 Å². The molecule has 1 amide bonds. The van der Waals surface area contributed by atoms with Gasteiger partial charge in [-0.15, -0.1) is 21.5 Å². The second-order valence-electron chi connectivity index (χ2n) is 10.3. The third-order valence-corrected chi connectivity index (χ3v) is 9.23. The third-order valence-electron chi connectivity index (χ3n) is 8.23. The molecule has 4 saturated carbocycles. The lowest BCUT2D eigenvalue weighted by molar-refractivity contribution is -0.127. The number of rotatable bonds is 5. The molecule has 0 spiro atoms. The standard InChI is InChI=1S/C22H34N4OS/c1-14(22-10-16-7-17(11-22)9-18(8-16)12-22)23-20(27)13-26-5-3-19(4-6-26)21-25-24-15(2)28-21/h14,16-19H,3-13H2,1-2H3,(H,23,27). The van der Waals surface area contributed by atoms with Gasteiger partial charge in [-0.2, -0.15) is 0 Å². The largest absolute Gasteiger partial charge is 0.352 e. The van der Waals surface area contributed by atoms with Gasteiger partial charge in [0.05, 0.1) is 6.54 Å². The van der Waals surface area contributed by atoms with Crippen molar-refractivity contribution < 1.29 is 4.79 Å². The molecule has 1 aliphatic heterocycles. The van der Waals surface area contributed by atoms with Crippen molar-refractivity contribution in [3.63, 3.8) is 0 Å². The van der Waals surface area contributed by atoms with Crippen molar-refractivity contribution in [1.82, 2.24) is 20.4 Å². The van der Waals surface area contributed by atoms with Crippen LogP contribution in [0.1, 0.15) is 74.2 Å². The van der Waals surface area contributed by atoms with Gasteiger partial charge >= 0.3 is 0 Å². The second kappa shape index (κ2) is 7.35. The van der Waals surface area contributed by atoms with Crippen LogP contribution in [0.2, 0.25) is 0 Å². The van der Waals surface area contributed by atoms with E-state index in [0.717, 1.165) is 48.7 Å². The van der Waals surface area contributed by atoms with E-state index in [4.69, 9.17) is 0 Å². The highest BCUT2D eigenvalue weighted by Gasteiger charge is 2.53. The summed E-state index contributed by atoms with van der Waals surface area (Å²) in [4.78, 5) is 15.1. The van der Waals surface area contributed by atoms with Gasteiger partial charge in [-0.3, -0.25) is 9.69 Å². The summed E-state index contributed by atoms with van der Waals surface area (Å²) in [5.41, 5.74) is 0.396. The molecule has 1 aromatic heterocycles. The number of piperidine rings is 1. The van der Waals surface area contributed by atoms with Gasteiger partial charge in [0.15, 0.2) is 0 Å². The Hall–Kier alpha value is -1.01. The number of likely N-dealkylation sites (tertiary alicyclic amines) is 1. The van der Waals surface area contributed by atoms with E-state index in [9.17, 15) is 4.79 Å². The van der Waals surface area contributed by atoms with Crippen LogP contribution < -0.4 is 5.32 Å². The maximum Gasteiger partial charge on any atom is 0.234 e. The van der Waals surface area contributed by atoms with Gasteiger partial charge in [-0.05, 0) is 101 Å². The van der Waals surface area contributed by atoms with Gasteiger partial charge in [-0.1, -0.05) is 0 Å². The second-order valence-corrected chi connectivity index (χ2v) is 11.5. The lowest BCUT2D eigenvalue weighted by atomic mass is 9.48. The van der Waals surface area contributed by atoms with Crippen LogP contribution in [0.25, 0.3) is 0 Å². The zero-order valence-electron chi connectivity index (χ0n) is 17.3. The normalized spacial score (nSPS) is 36.6. The molecular weight excluding hydrogens is 368 g/mol. The van der Waals surface area contributed by atoms with Crippen LogP contribution in [0, 0.1) is 30.1 Å². The van der Waals surface area contributed by atoms with E-state index in [-0.39, 0.29) is 5.91 Å². The first-order valence-electron chi connectivity index (χ1n) is 11.3. The fourth-order valence-corrected chi connectivity index (χ4v) is 8.03. The van der Waals surface area contributed by atoms with Crippen molar-refractivity contribution in [2.75, 3.05) is 19.6 Å². The van der Waals surface area contributed by atoms with Crippen LogP contribution in [0.3, 0.4) is 0 Å². The van der Waals surface area contributed by atoms with Crippen molar-refractivity contribution in [3.8, 4) is 0 Å². The van der Waals surface area contributed by atoms with E-state index in [1.165, 1.54) is 43.5 Å². The number of amides is 1. The van der Waals surface area contributed by atoms with Crippen LogP contribution >= 0.6 is 11.3 Å². The number of aryl methyl sites for hydroxylation is 1. The van der Waals surface area contributed by atoms with Gasteiger partial charge in [0.1, 0.15) is 10.0 Å². The van der Waals surface area contributed by atoms with Gasteiger partial charge < -0.3 is 5.32 Å². The maximum absolute atomic E-state index is 12.8. The van der Waals surface area contributed by atoms with Gasteiger partial charge in [0.2, 0.25) is 5.91 Å². The van der Waals surface area contributed by atoms with Gasteiger partial charge in [0, 0.05) is 12.0 Å². The van der Waals surface area contributed by atoms with Crippen molar-refractivity contribution in [3.05, 3.63) is 10.0 Å². The molecule has 1 saturated heterocycles. The maximum atomic E-state index is 12.8. The van der Waals surface area contributed by atoms with E-state index in [2.05, 4.69) is 27.3 Å². The molecule has 4 bridgehead atoms. The minimum absolute atomic E-state index is 0.230. The van der Waals surface area contributed by atoms with Crippen LogP contribution in [-0.4, -0.2) is 46.7 Å². The molecule has 0 radical (unpaired) electrons. The molecule has 6 rings (SSSR count). The summed E-state index contributed by atoms with van der Waals surface area (Å²) in [7, 11) is 0. The Kier molecular flexibility index (Phi) is 4.98. The van der Waals surface area contributed by atoms with E-state index in [0.29, 0.717) is 23.9 Å². The van der Waals surface area contributed by atoms with E-state index in [1.807, 2.05) is 6.92 Å². The monoisotopic (exact) mass is 402 g/mol. The zero-order chi connectivity index (χ0) is 19.3. The summed E-state index contributed by atoms with van der Waals surface area (Å²) >= 11 is 1.72. The van der Waals surface area contributed by atoms with Gasteiger partial charge in [0.25, 0.3) is 0 Å². The van der Waals surface area contributed by atoms with Crippen molar-refractivity contribution in [2.24, 2.45) is 23.2 Å². The lowest BCUT2D eigenvalue weighted by Crippen LogP contribution is -2.56. The SMILES string of the molecule is Cc1nnc(C2CCN(CC(=O)NC(C)C34CC5CC(CC(C5)C3)C4)CC2)s1. The quantitative estimate of drug-likeness (QED) is 0.815. The fourth-order valence-electron chi connectivity index (χ4n) is 7.17. The lowest BCUT2D eigenvalue weighted by Gasteiger charge is -2.59. The molecule has 2 heterocycles. The molecule has 1 N–H and O–H groups in total. The van der Waals surface area contributed by atoms with Crippen LogP contribution in [-0.2, 0) is 4.79 Å². The molecule has 0 aromatic carbocycles. The molecule has 6 heteroatoms. The number of carbonyl (C=O) groups is 1. The summed E-state index contributed by atoms with van der Waals surface area (Å²) < 4.78 is 0. The first-order chi connectivity index (χ1) is 13.5. The van der Waals surface area contributed by atoms with Crippen molar-refractivity contribution >= 4 is 17.2 Å². The Bertz CT molecular complexity index is 689. The number of aromatic nitrogens is 2. The summed E-state index contributed by atoms with van der Waals surface area (Å²) in [5, 5.41) is 14.1. The van der Waals surface area contributed by atoms with Crippen molar-refractivity contribution in [1.29, 1.82) is 0 Å². The molecule has 5 aliphatic rings. The summed E-state index contributed by atoms with van der Waals surface area (Å²) in [6.45, 7) is 6.84. The average molecular weight is 403 g/mol. The Balaban J connectivity index is 1.12. The Labute approximate surface area is 172 Å². The fraction of sp³-hybridized carbons (Fsp3) is 0.864. The highest BCUT2D eigenvalue weighted by molar-refractivity contribution is 7.11. The predicted octanol–water partition coefficient (Wildman–Crippen LogP) is 3.75. The highest BCUT2D eigenvalue weighted by Crippen LogP contribution is 2.61. The van der Waals surface area contributed by atoms with Crippen LogP contribution in [0.5, 0.6) is 0 Å². The zero-order valence-corrected chi connectivity index (χ0v) is 18.1.